The number of thioether (sulfide) groups is 1. The van der Waals surface area contributed by atoms with Crippen LogP contribution in [-0.2, 0) is 9.59 Å². The van der Waals surface area contributed by atoms with Gasteiger partial charge in [0.15, 0.2) is 0 Å². The summed E-state index contributed by atoms with van der Waals surface area (Å²) in [5.41, 5.74) is 0.865. The normalized spacial score (nSPS) is 26.0. The molecule has 2 unspecified atom stereocenters. The zero-order valence-corrected chi connectivity index (χ0v) is 14.7. The van der Waals surface area contributed by atoms with Crippen LogP contribution in [0.15, 0.2) is 42.5 Å². The molecule has 2 saturated heterocycles. The Morgan fingerprint density at radius 2 is 2.00 bits per heavy atom. The van der Waals surface area contributed by atoms with Gasteiger partial charge in [0.1, 0.15) is 6.04 Å². The van der Waals surface area contributed by atoms with Gasteiger partial charge in [-0.2, -0.15) is 0 Å². The van der Waals surface area contributed by atoms with Gasteiger partial charge in [0.25, 0.3) is 0 Å². The minimum atomic E-state index is -0.355. The van der Waals surface area contributed by atoms with Crippen molar-refractivity contribution >= 4 is 40.0 Å². The minimum absolute atomic E-state index is 0.00300. The molecule has 2 aliphatic heterocycles. The van der Waals surface area contributed by atoms with Crippen LogP contribution in [0.2, 0.25) is 0 Å². The van der Waals surface area contributed by atoms with Crippen molar-refractivity contribution in [3.63, 3.8) is 0 Å². The largest absolute Gasteiger partial charge is 0.315 e. The van der Waals surface area contributed by atoms with Crippen LogP contribution in [0, 0.1) is 0 Å². The van der Waals surface area contributed by atoms with Gasteiger partial charge in [-0.25, -0.2) is 0 Å². The molecule has 2 aliphatic rings. The van der Waals surface area contributed by atoms with Crippen molar-refractivity contribution in [2.24, 2.45) is 0 Å². The first-order valence-electron chi connectivity index (χ1n) is 8.22. The highest BCUT2D eigenvalue weighted by molar-refractivity contribution is 8.01. The number of anilines is 1. The Morgan fingerprint density at radius 3 is 2.79 bits per heavy atom. The van der Waals surface area contributed by atoms with Crippen molar-refractivity contribution in [2.45, 2.75) is 30.7 Å². The third-order valence-corrected chi connectivity index (χ3v) is 6.69. The predicted octanol–water partition coefficient (Wildman–Crippen LogP) is 3.26. The van der Waals surface area contributed by atoms with Crippen molar-refractivity contribution in [2.75, 3.05) is 17.7 Å². The monoisotopic (exact) mass is 340 g/mol. The Hall–Kier alpha value is -2.01. The van der Waals surface area contributed by atoms with Crippen molar-refractivity contribution in [1.82, 2.24) is 4.90 Å². The van der Waals surface area contributed by atoms with Gasteiger partial charge < -0.3 is 9.80 Å². The SMILES string of the molecule is CN(C(=O)C1CSC2(C)CCC(=O)N12)c1ccc2ccccc2c1. The molecule has 0 radical (unpaired) electrons. The van der Waals surface area contributed by atoms with E-state index in [2.05, 4.69) is 13.0 Å². The van der Waals surface area contributed by atoms with Crippen molar-refractivity contribution in [3.8, 4) is 0 Å². The standard InChI is InChI=1S/C19H20N2O2S/c1-19-10-9-17(22)21(19)16(12-24-19)18(23)20(2)15-8-7-13-5-3-4-6-14(13)11-15/h3-8,11,16H,9-10,12H2,1-2H3. The highest BCUT2D eigenvalue weighted by Gasteiger charge is 2.53. The van der Waals surface area contributed by atoms with Crippen molar-refractivity contribution in [1.29, 1.82) is 0 Å². The number of rotatable bonds is 2. The number of amides is 2. The molecule has 0 N–H and O–H groups in total. The lowest BCUT2D eigenvalue weighted by atomic mass is 10.1. The van der Waals surface area contributed by atoms with Gasteiger partial charge in [0.05, 0.1) is 4.87 Å². The van der Waals surface area contributed by atoms with Gasteiger partial charge in [0.2, 0.25) is 11.8 Å². The molecule has 24 heavy (non-hydrogen) atoms. The second-order valence-electron chi connectivity index (χ2n) is 6.69. The van der Waals surface area contributed by atoms with Crippen LogP contribution in [0.25, 0.3) is 10.8 Å². The summed E-state index contributed by atoms with van der Waals surface area (Å²) in [5.74, 6) is 0.781. The number of fused-ring (bicyclic) bond motifs is 2. The van der Waals surface area contributed by atoms with E-state index in [0.717, 1.165) is 22.9 Å². The van der Waals surface area contributed by atoms with Crippen LogP contribution >= 0.6 is 11.8 Å². The maximum absolute atomic E-state index is 13.0. The number of carbonyl (C=O) groups is 2. The lowest BCUT2D eigenvalue weighted by Gasteiger charge is -2.32. The summed E-state index contributed by atoms with van der Waals surface area (Å²) in [4.78, 5) is 28.6. The summed E-state index contributed by atoms with van der Waals surface area (Å²) in [7, 11) is 1.80. The number of likely N-dealkylation sites (N-methyl/N-ethyl adjacent to an activating group) is 1. The summed E-state index contributed by atoms with van der Waals surface area (Å²) in [6.45, 7) is 2.08. The zero-order chi connectivity index (χ0) is 16.9. The molecule has 2 fully saturated rings. The third kappa shape index (κ3) is 2.30. The summed E-state index contributed by atoms with van der Waals surface area (Å²) >= 11 is 1.73. The number of hydrogen-bond acceptors (Lipinski definition) is 3. The molecule has 0 saturated carbocycles. The molecule has 0 aliphatic carbocycles. The number of nitrogens with zero attached hydrogens (tertiary/aromatic N) is 2. The maximum atomic E-state index is 13.0. The number of carbonyl (C=O) groups excluding carboxylic acids is 2. The van der Waals surface area contributed by atoms with E-state index < -0.39 is 0 Å². The second kappa shape index (κ2) is 5.52. The number of benzene rings is 2. The maximum Gasteiger partial charge on any atom is 0.250 e. The Kier molecular flexibility index (Phi) is 3.57. The molecule has 2 amide bonds. The van der Waals surface area contributed by atoms with Crippen LogP contribution in [0.1, 0.15) is 19.8 Å². The Labute approximate surface area is 145 Å². The van der Waals surface area contributed by atoms with Crippen LogP contribution in [0.4, 0.5) is 5.69 Å². The van der Waals surface area contributed by atoms with Gasteiger partial charge in [-0.15, -0.1) is 11.8 Å². The molecule has 2 atom stereocenters. The first-order chi connectivity index (χ1) is 11.5. The molecule has 0 aromatic heterocycles. The van der Waals surface area contributed by atoms with E-state index in [0.29, 0.717) is 12.2 Å². The zero-order valence-electron chi connectivity index (χ0n) is 13.9. The van der Waals surface area contributed by atoms with Crippen molar-refractivity contribution in [3.05, 3.63) is 42.5 Å². The molecule has 124 valence electrons. The summed E-state index contributed by atoms with van der Waals surface area (Å²) < 4.78 is 0. The van der Waals surface area contributed by atoms with E-state index >= 15 is 0 Å². The summed E-state index contributed by atoms with van der Waals surface area (Å²) in [6, 6.07) is 13.8. The molecule has 4 nitrogen and oxygen atoms in total. The topological polar surface area (TPSA) is 40.6 Å². The summed E-state index contributed by atoms with van der Waals surface area (Å²) in [6.07, 6.45) is 1.38. The van der Waals surface area contributed by atoms with Crippen LogP contribution in [0.3, 0.4) is 0 Å². The van der Waals surface area contributed by atoms with E-state index in [1.807, 2.05) is 41.3 Å². The molecule has 2 aromatic rings. The Balaban J connectivity index is 1.62. The van der Waals surface area contributed by atoms with Crippen LogP contribution in [0.5, 0.6) is 0 Å². The highest BCUT2D eigenvalue weighted by Crippen LogP contribution is 2.47. The van der Waals surface area contributed by atoms with Gasteiger partial charge in [-0.05, 0) is 36.2 Å². The predicted molar refractivity (Wildman–Crippen MR) is 98.1 cm³/mol. The first kappa shape index (κ1) is 15.5. The fourth-order valence-corrected chi connectivity index (χ4v) is 5.16. The number of hydrogen-bond donors (Lipinski definition) is 0. The molecule has 2 aromatic carbocycles. The second-order valence-corrected chi connectivity index (χ2v) is 8.20. The fraction of sp³-hybridized carbons (Fsp3) is 0.368. The van der Waals surface area contributed by atoms with E-state index in [-0.39, 0.29) is 22.7 Å². The van der Waals surface area contributed by atoms with E-state index in [1.54, 1.807) is 23.7 Å². The van der Waals surface area contributed by atoms with Gasteiger partial charge in [-0.3, -0.25) is 9.59 Å². The van der Waals surface area contributed by atoms with Gasteiger partial charge in [-0.1, -0.05) is 30.3 Å². The average Bonchev–Trinajstić information content (AvgIpc) is 3.09. The molecular weight excluding hydrogens is 320 g/mol. The van der Waals surface area contributed by atoms with E-state index in [4.69, 9.17) is 0 Å². The Bertz CT molecular complexity index is 837. The highest BCUT2D eigenvalue weighted by atomic mass is 32.2. The van der Waals surface area contributed by atoms with Crippen LogP contribution < -0.4 is 4.90 Å². The Morgan fingerprint density at radius 1 is 1.25 bits per heavy atom. The molecule has 0 bridgehead atoms. The molecule has 5 heteroatoms. The van der Waals surface area contributed by atoms with Gasteiger partial charge >= 0.3 is 0 Å². The van der Waals surface area contributed by atoms with E-state index in [1.165, 1.54) is 0 Å². The quantitative estimate of drug-likeness (QED) is 0.842. The van der Waals surface area contributed by atoms with Gasteiger partial charge in [0, 0.05) is 24.9 Å². The average molecular weight is 340 g/mol. The lowest BCUT2D eigenvalue weighted by Crippen LogP contribution is -2.50. The van der Waals surface area contributed by atoms with Crippen molar-refractivity contribution < 1.29 is 9.59 Å². The smallest absolute Gasteiger partial charge is 0.250 e. The molecule has 0 spiro atoms. The molecule has 2 heterocycles. The molecular formula is C19H20N2O2S. The molecule has 4 rings (SSSR count). The minimum Gasteiger partial charge on any atom is -0.315 e. The summed E-state index contributed by atoms with van der Waals surface area (Å²) in [5, 5.41) is 2.26. The fourth-order valence-electron chi connectivity index (χ4n) is 3.74. The van der Waals surface area contributed by atoms with Crippen LogP contribution in [-0.4, -0.2) is 40.4 Å². The first-order valence-corrected chi connectivity index (χ1v) is 9.21. The van der Waals surface area contributed by atoms with E-state index in [9.17, 15) is 9.59 Å². The third-order valence-electron chi connectivity index (χ3n) is 5.18. The lowest BCUT2D eigenvalue weighted by molar-refractivity contribution is -0.136.